The van der Waals surface area contributed by atoms with Crippen LogP contribution < -0.4 is 5.69 Å². The van der Waals surface area contributed by atoms with Gasteiger partial charge in [0, 0.05) is 6.04 Å². The Balaban J connectivity index is 2.44. The number of imidazole rings is 1. The molecule has 0 aliphatic heterocycles. The number of hydrogen-bond donors (Lipinski definition) is 1. The minimum Gasteiger partial charge on any atom is -0.306 e. The van der Waals surface area contributed by atoms with Gasteiger partial charge in [-0.25, -0.2) is 4.79 Å². The zero-order chi connectivity index (χ0) is 12.3. The number of allylic oxidation sites excluding steroid dienone is 1. The van der Waals surface area contributed by atoms with Crippen LogP contribution in [0.1, 0.15) is 56.5 Å². The number of rotatable bonds is 3. The molecule has 1 saturated carbocycles. The first kappa shape index (κ1) is 12.0. The molecule has 0 amide bonds. The lowest BCUT2D eigenvalue weighted by molar-refractivity contribution is 0.345. The summed E-state index contributed by atoms with van der Waals surface area (Å²) in [7, 11) is 0. The third-order valence-corrected chi connectivity index (χ3v) is 3.46. The van der Waals surface area contributed by atoms with Crippen LogP contribution in [0.4, 0.5) is 0 Å². The first-order chi connectivity index (χ1) is 8.27. The average Bonchev–Trinajstić information content (AvgIpc) is 2.67. The van der Waals surface area contributed by atoms with Crippen LogP contribution in [-0.2, 0) is 0 Å². The summed E-state index contributed by atoms with van der Waals surface area (Å²) in [4.78, 5) is 14.9. The normalized spacial score (nSPS) is 17.7. The number of H-pyrrole nitrogens is 1. The Hall–Kier alpha value is -1.51. The molecule has 1 aromatic heterocycles. The predicted molar refractivity (Wildman–Crippen MR) is 72.0 cm³/mol. The van der Waals surface area contributed by atoms with Crippen LogP contribution in [0.15, 0.2) is 17.4 Å². The molecule has 1 aliphatic carbocycles. The van der Waals surface area contributed by atoms with Crippen molar-refractivity contribution in [3.05, 3.63) is 34.5 Å². The van der Waals surface area contributed by atoms with Gasteiger partial charge in [-0.3, -0.25) is 4.57 Å². The van der Waals surface area contributed by atoms with E-state index in [0.717, 1.165) is 24.2 Å². The third-order valence-electron chi connectivity index (χ3n) is 3.46. The number of aromatic amines is 1. The molecule has 1 fully saturated rings. The molecule has 0 unspecified atom stereocenters. The van der Waals surface area contributed by atoms with E-state index in [4.69, 9.17) is 0 Å². The number of aromatic nitrogens is 2. The lowest BCUT2D eigenvalue weighted by Crippen LogP contribution is -2.25. The second kappa shape index (κ2) is 5.21. The maximum atomic E-state index is 12.0. The second-order valence-corrected chi connectivity index (χ2v) is 4.60. The van der Waals surface area contributed by atoms with E-state index in [1.807, 2.05) is 23.6 Å². The first-order valence-corrected chi connectivity index (χ1v) is 6.37. The van der Waals surface area contributed by atoms with Gasteiger partial charge in [-0.05, 0) is 31.9 Å². The Bertz CT molecular complexity index is 473. The highest BCUT2D eigenvalue weighted by Crippen LogP contribution is 2.29. The molecule has 0 atom stereocenters. The summed E-state index contributed by atoms with van der Waals surface area (Å²) in [6.45, 7) is 5.78. The molecule has 0 aromatic carbocycles. The molecule has 92 valence electrons. The van der Waals surface area contributed by atoms with Crippen LogP contribution in [-0.4, -0.2) is 9.55 Å². The van der Waals surface area contributed by atoms with Gasteiger partial charge >= 0.3 is 5.69 Å². The summed E-state index contributed by atoms with van der Waals surface area (Å²) in [5.74, 6) is 0. The van der Waals surface area contributed by atoms with Gasteiger partial charge in [0.15, 0.2) is 0 Å². The van der Waals surface area contributed by atoms with Crippen LogP contribution in [0, 0.1) is 0 Å². The van der Waals surface area contributed by atoms with E-state index in [-0.39, 0.29) is 5.69 Å². The summed E-state index contributed by atoms with van der Waals surface area (Å²) in [5.41, 5.74) is 1.80. The van der Waals surface area contributed by atoms with E-state index in [9.17, 15) is 4.79 Å². The minimum absolute atomic E-state index is 0.0000926. The number of hydrogen-bond acceptors (Lipinski definition) is 1. The van der Waals surface area contributed by atoms with Crippen molar-refractivity contribution in [2.75, 3.05) is 0 Å². The molecule has 1 aliphatic rings. The Morgan fingerprint density at radius 2 is 2.06 bits per heavy atom. The highest BCUT2D eigenvalue weighted by atomic mass is 16.1. The maximum Gasteiger partial charge on any atom is 0.326 e. The molecule has 0 bridgehead atoms. The van der Waals surface area contributed by atoms with E-state index < -0.39 is 0 Å². The fourth-order valence-electron chi connectivity index (χ4n) is 2.68. The molecule has 1 N–H and O–H groups in total. The first-order valence-electron chi connectivity index (χ1n) is 6.37. The Morgan fingerprint density at radius 3 is 2.65 bits per heavy atom. The van der Waals surface area contributed by atoms with Crippen LogP contribution in [0.5, 0.6) is 0 Å². The van der Waals surface area contributed by atoms with Gasteiger partial charge in [-0.1, -0.05) is 31.9 Å². The van der Waals surface area contributed by atoms with Gasteiger partial charge < -0.3 is 4.98 Å². The van der Waals surface area contributed by atoms with Crippen molar-refractivity contribution in [3.8, 4) is 0 Å². The molecular weight excluding hydrogens is 212 g/mol. The molecule has 3 heteroatoms. The minimum atomic E-state index is -0.0000926. The molecule has 0 saturated heterocycles. The highest BCUT2D eigenvalue weighted by molar-refractivity contribution is 5.58. The third kappa shape index (κ3) is 2.28. The quantitative estimate of drug-likeness (QED) is 0.852. The predicted octanol–water partition coefficient (Wildman–Crippen LogP) is 3.36. The zero-order valence-corrected chi connectivity index (χ0v) is 10.4. The standard InChI is InChI=1S/C14H20N2O/c1-3-8-12-13(4-2)16(14(17)15-12)11-9-6-5-7-10-11/h3-4,8,11H,2,5-7,9-10H2,1H3,(H,15,17). The van der Waals surface area contributed by atoms with Crippen LogP contribution >= 0.6 is 0 Å². The van der Waals surface area contributed by atoms with Gasteiger partial charge in [-0.2, -0.15) is 0 Å². The average molecular weight is 232 g/mol. The topological polar surface area (TPSA) is 37.8 Å². The van der Waals surface area contributed by atoms with Crippen LogP contribution in [0.25, 0.3) is 12.2 Å². The van der Waals surface area contributed by atoms with Crippen molar-refractivity contribution in [3.63, 3.8) is 0 Å². The monoisotopic (exact) mass is 232 g/mol. The summed E-state index contributed by atoms with van der Waals surface area (Å²) in [6, 6.07) is 0.347. The molecule has 1 aromatic rings. The zero-order valence-electron chi connectivity index (χ0n) is 10.4. The van der Waals surface area contributed by atoms with Crippen molar-refractivity contribution < 1.29 is 0 Å². The van der Waals surface area contributed by atoms with Gasteiger partial charge in [-0.15, -0.1) is 0 Å². The fourth-order valence-corrected chi connectivity index (χ4v) is 2.68. The van der Waals surface area contributed by atoms with Crippen LogP contribution in [0.3, 0.4) is 0 Å². The van der Waals surface area contributed by atoms with E-state index in [2.05, 4.69) is 11.6 Å². The smallest absolute Gasteiger partial charge is 0.306 e. The lowest BCUT2D eigenvalue weighted by Gasteiger charge is -2.23. The van der Waals surface area contributed by atoms with Crippen molar-refractivity contribution in [1.82, 2.24) is 9.55 Å². The molecule has 0 radical (unpaired) electrons. The van der Waals surface area contributed by atoms with E-state index in [0.29, 0.717) is 6.04 Å². The van der Waals surface area contributed by atoms with E-state index in [1.165, 1.54) is 19.3 Å². The van der Waals surface area contributed by atoms with Gasteiger partial charge in [0.05, 0.1) is 11.4 Å². The van der Waals surface area contributed by atoms with Crippen molar-refractivity contribution in [2.24, 2.45) is 0 Å². The largest absolute Gasteiger partial charge is 0.326 e. The van der Waals surface area contributed by atoms with E-state index in [1.54, 1.807) is 6.08 Å². The number of nitrogens with one attached hydrogen (secondary N) is 1. The summed E-state index contributed by atoms with van der Waals surface area (Å²) < 4.78 is 1.89. The highest BCUT2D eigenvalue weighted by Gasteiger charge is 2.20. The number of nitrogens with zero attached hydrogens (tertiary/aromatic N) is 1. The van der Waals surface area contributed by atoms with Gasteiger partial charge in [0.1, 0.15) is 0 Å². The Labute approximate surface area is 102 Å². The fraction of sp³-hybridized carbons (Fsp3) is 0.500. The lowest BCUT2D eigenvalue weighted by atomic mass is 9.95. The molecule has 17 heavy (non-hydrogen) atoms. The summed E-state index contributed by atoms with van der Waals surface area (Å²) >= 11 is 0. The summed E-state index contributed by atoms with van der Waals surface area (Å²) in [6.07, 6.45) is 11.6. The van der Waals surface area contributed by atoms with Crippen LogP contribution in [0.2, 0.25) is 0 Å². The SMILES string of the molecule is C=Cc1c(C=CC)[nH]c(=O)n1C1CCCCC1. The van der Waals surface area contributed by atoms with Crippen molar-refractivity contribution >= 4 is 12.2 Å². The molecular formula is C14H20N2O. The Morgan fingerprint density at radius 1 is 1.35 bits per heavy atom. The molecule has 1 heterocycles. The Kier molecular flexibility index (Phi) is 3.67. The molecule has 0 spiro atoms. The van der Waals surface area contributed by atoms with Gasteiger partial charge in [0.2, 0.25) is 0 Å². The van der Waals surface area contributed by atoms with Crippen molar-refractivity contribution in [2.45, 2.75) is 45.1 Å². The molecule has 2 rings (SSSR count). The second-order valence-electron chi connectivity index (χ2n) is 4.60. The summed E-state index contributed by atoms with van der Waals surface area (Å²) in [5, 5.41) is 0. The van der Waals surface area contributed by atoms with Gasteiger partial charge in [0.25, 0.3) is 0 Å². The molecule has 3 nitrogen and oxygen atoms in total. The van der Waals surface area contributed by atoms with Crippen molar-refractivity contribution in [1.29, 1.82) is 0 Å². The maximum absolute atomic E-state index is 12.0. The van der Waals surface area contributed by atoms with E-state index >= 15 is 0 Å².